The molecule has 0 spiro atoms. The van der Waals surface area contributed by atoms with Crippen molar-refractivity contribution in [2.45, 2.75) is 43.2 Å². The first-order valence-corrected chi connectivity index (χ1v) is 8.59. The van der Waals surface area contributed by atoms with Crippen LogP contribution < -0.4 is 4.72 Å². The van der Waals surface area contributed by atoms with Gasteiger partial charge in [-0.1, -0.05) is 36.9 Å². The second-order valence-corrected chi connectivity index (χ2v) is 7.08. The maximum atomic E-state index is 12.5. The molecule has 1 N–H and O–H groups in total. The van der Waals surface area contributed by atoms with Gasteiger partial charge in [0.25, 0.3) is 10.0 Å². The SMILES string of the molecule is O=S(=O)(NC1CCCCC1)c1c(Cl)nc2ccccn12. The lowest BCUT2D eigenvalue weighted by Gasteiger charge is -2.22. The highest BCUT2D eigenvalue weighted by molar-refractivity contribution is 7.89. The van der Waals surface area contributed by atoms with E-state index in [2.05, 4.69) is 9.71 Å². The highest BCUT2D eigenvalue weighted by Crippen LogP contribution is 2.25. The van der Waals surface area contributed by atoms with Gasteiger partial charge < -0.3 is 0 Å². The number of imidazole rings is 1. The number of hydrogen-bond donors (Lipinski definition) is 1. The van der Waals surface area contributed by atoms with Gasteiger partial charge in [0.05, 0.1) is 0 Å². The van der Waals surface area contributed by atoms with Crippen molar-refractivity contribution in [1.29, 1.82) is 0 Å². The molecule has 3 rings (SSSR count). The number of nitrogens with zero attached hydrogens (tertiary/aromatic N) is 2. The number of nitrogens with one attached hydrogen (secondary N) is 1. The molecular weight excluding hydrogens is 298 g/mol. The van der Waals surface area contributed by atoms with Crippen LogP contribution in [0.5, 0.6) is 0 Å². The summed E-state index contributed by atoms with van der Waals surface area (Å²) in [6.07, 6.45) is 6.72. The Labute approximate surface area is 123 Å². The van der Waals surface area contributed by atoms with Crippen LogP contribution in [0.3, 0.4) is 0 Å². The molecule has 0 bridgehead atoms. The largest absolute Gasteiger partial charge is 0.288 e. The molecule has 2 aromatic rings. The van der Waals surface area contributed by atoms with Crippen LogP contribution in [0.4, 0.5) is 0 Å². The normalized spacial score (nSPS) is 17.6. The summed E-state index contributed by atoms with van der Waals surface area (Å²) in [6.45, 7) is 0. The number of aromatic nitrogens is 2. The molecule has 0 atom stereocenters. The van der Waals surface area contributed by atoms with E-state index in [4.69, 9.17) is 11.6 Å². The summed E-state index contributed by atoms with van der Waals surface area (Å²) >= 11 is 6.02. The molecule has 1 saturated carbocycles. The van der Waals surface area contributed by atoms with E-state index in [0.29, 0.717) is 5.65 Å². The number of hydrogen-bond acceptors (Lipinski definition) is 3. The van der Waals surface area contributed by atoms with Crippen molar-refractivity contribution in [3.8, 4) is 0 Å². The van der Waals surface area contributed by atoms with Gasteiger partial charge in [-0.05, 0) is 25.0 Å². The smallest absolute Gasteiger partial charge is 0.260 e. The topological polar surface area (TPSA) is 63.5 Å². The Balaban J connectivity index is 1.98. The van der Waals surface area contributed by atoms with Gasteiger partial charge in [0.2, 0.25) is 0 Å². The van der Waals surface area contributed by atoms with Crippen molar-refractivity contribution in [3.63, 3.8) is 0 Å². The molecule has 1 aliphatic carbocycles. The fourth-order valence-electron chi connectivity index (χ4n) is 2.68. The van der Waals surface area contributed by atoms with Gasteiger partial charge in [0.15, 0.2) is 10.2 Å². The fraction of sp³-hybridized carbons (Fsp3) is 0.462. The summed E-state index contributed by atoms with van der Waals surface area (Å²) in [6, 6.07) is 5.28. The van der Waals surface area contributed by atoms with Crippen LogP contribution >= 0.6 is 11.6 Å². The summed E-state index contributed by atoms with van der Waals surface area (Å²) in [5, 5.41) is 0.0415. The van der Waals surface area contributed by atoms with Gasteiger partial charge in [-0.2, -0.15) is 0 Å². The third-order valence-corrected chi connectivity index (χ3v) is 5.55. The minimum absolute atomic E-state index is 0.000853. The fourth-order valence-corrected chi connectivity index (χ4v) is 4.63. The zero-order valence-corrected chi connectivity index (χ0v) is 12.5. The van der Waals surface area contributed by atoms with Gasteiger partial charge in [-0.25, -0.2) is 18.1 Å². The monoisotopic (exact) mass is 313 g/mol. The highest BCUT2D eigenvalue weighted by Gasteiger charge is 2.27. The van der Waals surface area contributed by atoms with Crippen LogP contribution in [0.1, 0.15) is 32.1 Å². The molecule has 108 valence electrons. The maximum Gasteiger partial charge on any atom is 0.260 e. The second kappa shape index (κ2) is 5.35. The Morgan fingerprint density at radius 2 is 2.00 bits per heavy atom. The molecule has 0 unspecified atom stereocenters. The number of sulfonamides is 1. The van der Waals surface area contributed by atoms with Crippen molar-refractivity contribution >= 4 is 27.3 Å². The molecule has 2 aromatic heterocycles. The van der Waals surface area contributed by atoms with Crippen LogP contribution in [0.15, 0.2) is 29.4 Å². The molecule has 7 heteroatoms. The van der Waals surface area contributed by atoms with Gasteiger partial charge >= 0.3 is 0 Å². The van der Waals surface area contributed by atoms with E-state index in [1.165, 1.54) is 10.8 Å². The van der Waals surface area contributed by atoms with Crippen LogP contribution in [0.2, 0.25) is 5.15 Å². The molecule has 0 aromatic carbocycles. The average Bonchev–Trinajstić information content (AvgIpc) is 2.75. The zero-order valence-electron chi connectivity index (χ0n) is 10.9. The molecular formula is C13H16ClN3O2S. The number of fused-ring (bicyclic) bond motifs is 1. The first-order valence-electron chi connectivity index (χ1n) is 6.73. The van der Waals surface area contributed by atoms with Gasteiger partial charge in [-0.15, -0.1) is 0 Å². The minimum atomic E-state index is -3.66. The first-order chi connectivity index (χ1) is 9.58. The third kappa shape index (κ3) is 2.55. The molecule has 1 fully saturated rings. The van der Waals surface area contributed by atoms with Gasteiger partial charge in [-0.3, -0.25) is 4.40 Å². The Bertz CT molecular complexity index is 720. The minimum Gasteiger partial charge on any atom is -0.288 e. The predicted molar refractivity (Wildman–Crippen MR) is 77.4 cm³/mol. The number of halogens is 1. The average molecular weight is 314 g/mol. The molecule has 1 aliphatic rings. The lowest BCUT2D eigenvalue weighted by atomic mass is 9.96. The molecule has 5 nitrogen and oxygen atoms in total. The quantitative estimate of drug-likeness (QED) is 0.947. The zero-order chi connectivity index (χ0) is 14.2. The summed E-state index contributed by atoms with van der Waals surface area (Å²) < 4.78 is 29.3. The molecule has 20 heavy (non-hydrogen) atoms. The summed E-state index contributed by atoms with van der Waals surface area (Å²) in [7, 11) is -3.66. The lowest BCUT2D eigenvalue weighted by molar-refractivity contribution is 0.411. The van der Waals surface area contributed by atoms with E-state index >= 15 is 0 Å². The molecule has 0 amide bonds. The van der Waals surface area contributed by atoms with Crippen LogP contribution in [0, 0.1) is 0 Å². The highest BCUT2D eigenvalue weighted by atomic mass is 35.5. The Morgan fingerprint density at radius 3 is 2.75 bits per heavy atom. The molecule has 0 aliphatic heterocycles. The standard InChI is InChI=1S/C13H16ClN3O2S/c14-12-13(17-9-5-4-8-11(17)15-12)20(18,19)16-10-6-2-1-3-7-10/h4-5,8-10,16H,1-3,6-7H2. The van der Waals surface area contributed by atoms with Crippen molar-refractivity contribution in [2.75, 3.05) is 0 Å². The van der Waals surface area contributed by atoms with Crippen molar-refractivity contribution in [2.24, 2.45) is 0 Å². The Hall–Kier alpha value is -1.11. The molecule has 2 heterocycles. The Morgan fingerprint density at radius 1 is 1.25 bits per heavy atom. The summed E-state index contributed by atoms with van der Waals surface area (Å²) in [5.74, 6) is 0. The van der Waals surface area contributed by atoms with Crippen LogP contribution in [-0.2, 0) is 10.0 Å². The lowest BCUT2D eigenvalue weighted by Crippen LogP contribution is -2.36. The van der Waals surface area contributed by atoms with Crippen LogP contribution in [0.25, 0.3) is 5.65 Å². The third-order valence-electron chi connectivity index (χ3n) is 3.63. The number of rotatable bonds is 3. The van der Waals surface area contributed by atoms with Crippen molar-refractivity contribution < 1.29 is 8.42 Å². The van der Waals surface area contributed by atoms with E-state index in [0.717, 1.165) is 25.7 Å². The van der Waals surface area contributed by atoms with Gasteiger partial charge in [0, 0.05) is 12.2 Å². The summed E-state index contributed by atoms with van der Waals surface area (Å²) in [5.41, 5.74) is 0.529. The van der Waals surface area contributed by atoms with Gasteiger partial charge in [0.1, 0.15) is 5.65 Å². The second-order valence-electron chi connectivity index (χ2n) is 5.09. The van der Waals surface area contributed by atoms with E-state index in [-0.39, 0.29) is 16.2 Å². The molecule has 0 radical (unpaired) electrons. The van der Waals surface area contributed by atoms with Crippen molar-refractivity contribution in [1.82, 2.24) is 14.1 Å². The first kappa shape index (κ1) is 13.9. The number of pyridine rings is 1. The van der Waals surface area contributed by atoms with Crippen LogP contribution in [-0.4, -0.2) is 23.8 Å². The predicted octanol–water partition coefficient (Wildman–Crippen LogP) is 2.60. The Kier molecular flexibility index (Phi) is 3.70. The van der Waals surface area contributed by atoms with E-state index in [1.54, 1.807) is 24.4 Å². The van der Waals surface area contributed by atoms with Crippen molar-refractivity contribution in [3.05, 3.63) is 29.5 Å². The molecule has 0 saturated heterocycles. The summed E-state index contributed by atoms with van der Waals surface area (Å²) in [4.78, 5) is 4.08. The van der Waals surface area contributed by atoms with E-state index in [1.807, 2.05) is 0 Å². The van der Waals surface area contributed by atoms with E-state index < -0.39 is 10.0 Å². The maximum absolute atomic E-state index is 12.5. The van der Waals surface area contributed by atoms with E-state index in [9.17, 15) is 8.42 Å².